The number of hydrogen-bond acceptors (Lipinski definition) is 4. The SMILES string of the molecule is [Ca+2].[O-]O.[O-]O. The predicted molar refractivity (Wildman–Crippen MR) is 11.0 cm³/mol. The first-order chi connectivity index (χ1) is 2.00. The van der Waals surface area contributed by atoms with Crippen molar-refractivity contribution in [2.75, 3.05) is 0 Å². The summed E-state index contributed by atoms with van der Waals surface area (Å²) in [5.41, 5.74) is 0. The zero-order valence-corrected chi connectivity index (χ0v) is 4.63. The summed E-state index contributed by atoms with van der Waals surface area (Å²) >= 11 is 0. The molecular weight excluding hydrogens is 104 g/mol. The average molecular weight is 106 g/mol. The van der Waals surface area contributed by atoms with Gasteiger partial charge in [0, 0.05) is 0 Å². The minimum absolute atomic E-state index is 0. The Morgan fingerprint density at radius 2 is 0.800 bits per heavy atom. The van der Waals surface area contributed by atoms with Crippen LogP contribution in [0, 0.1) is 0 Å². The molecule has 0 atom stereocenters. The molecule has 28 valence electrons. The Morgan fingerprint density at radius 3 is 0.800 bits per heavy atom. The minimum atomic E-state index is 0. The summed E-state index contributed by atoms with van der Waals surface area (Å²) in [4.78, 5) is 0. The van der Waals surface area contributed by atoms with Crippen LogP contribution in [0.2, 0.25) is 0 Å². The summed E-state index contributed by atoms with van der Waals surface area (Å²) in [7, 11) is 0. The van der Waals surface area contributed by atoms with E-state index in [1.165, 1.54) is 0 Å². The molecule has 0 fully saturated rings. The molecular formula is H2CaO4. The third-order valence-corrected chi connectivity index (χ3v) is 0. The quantitative estimate of drug-likeness (QED) is 0.199. The van der Waals surface area contributed by atoms with Gasteiger partial charge in [-0.15, -0.1) is 0 Å². The van der Waals surface area contributed by atoms with Gasteiger partial charge in [-0.1, -0.05) is 0 Å². The molecule has 0 aromatic rings. The maximum absolute atomic E-state index is 7.25. The van der Waals surface area contributed by atoms with Crippen LogP contribution in [0.15, 0.2) is 0 Å². The molecule has 0 aliphatic heterocycles. The molecule has 0 saturated carbocycles. The van der Waals surface area contributed by atoms with Gasteiger partial charge in [-0.25, -0.2) is 0 Å². The van der Waals surface area contributed by atoms with Crippen LogP contribution >= 0.6 is 0 Å². The van der Waals surface area contributed by atoms with Gasteiger partial charge in [-0.2, -0.15) is 0 Å². The summed E-state index contributed by atoms with van der Waals surface area (Å²) in [6.07, 6.45) is 0. The molecule has 0 saturated heterocycles. The predicted octanol–water partition coefficient (Wildman–Crippen LogP) is -2.74. The van der Waals surface area contributed by atoms with Gasteiger partial charge in [0.15, 0.2) is 0 Å². The van der Waals surface area contributed by atoms with E-state index in [4.69, 9.17) is 21.0 Å². The van der Waals surface area contributed by atoms with E-state index in [0.717, 1.165) is 0 Å². The topological polar surface area (TPSA) is 86.6 Å². The van der Waals surface area contributed by atoms with E-state index < -0.39 is 0 Å². The summed E-state index contributed by atoms with van der Waals surface area (Å²) in [5, 5.41) is 26.0. The van der Waals surface area contributed by atoms with E-state index in [0.29, 0.717) is 0 Å². The van der Waals surface area contributed by atoms with E-state index in [9.17, 15) is 0 Å². The van der Waals surface area contributed by atoms with Gasteiger partial charge in [0.2, 0.25) is 0 Å². The van der Waals surface area contributed by atoms with Crippen LogP contribution in [0.1, 0.15) is 0 Å². The Morgan fingerprint density at radius 1 is 0.800 bits per heavy atom. The standard InChI is InChI=1S/Ca.2H2O2/c;2*1-2/h;2*1-2H/q+2;;/p-2. The van der Waals surface area contributed by atoms with Crippen molar-refractivity contribution >= 4 is 37.7 Å². The molecule has 2 N–H and O–H groups in total. The molecule has 0 aromatic heterocycles. The van der Waals surface area contributed by atoms with Crippen LogP contribution < -0.4 is 10.5 Å². The van der Waals surface area contributed by atoms with E-state index in [1.807, 2.05) is 0 Å². The normalized spacial score (nSPS) is 2.40. The first kappa shape index (κ1) is 16.5. The Bertz CT molecular complexity index is 3.61. The van der Waals surface area contributed by atoms with Crippen LogP contribution in [-0.2, 0) is 0 Å². The summed E-state index contributed by atoms with van der Waals surface area (Å²) in [5.74, 6) is 0. The van der Waals surface area contributed by atoms with Crippen molar-refractivity contribution in [2.24, 2.45) is 0 Å². The molecule has 5 heteroatoms. The van der Waals surface area contributed by atoms with Gasteiger partial charge < -0.3 is 21.0 Å². The van der Waals surface area contributed by atoms with Crippen LogP contribution in [-0.4, -0.2) is 48.3 Å². The first-order valence-electron chi connectivity index (χ1n) is 0.365. The van der Waals surface area contributed by atoms with Gasteiger partial charge in [-0.05, 0) is 0 Å². The fourth-order valence-corrected chi connectivity index (χ4v) is 0. The molecule has 0 bridgehead atoms. The Kier molecular flexibility index (Phi) is 234. The molecule has 0 aliphatic rings. The Balaban J connectivity index is -0.0000000133. The third-order valence-electron chi connectivity index (χ3n) is 0. The summed E-state index contributed by atoms with van der Waals surface area (Å²) < 4.78 is 0. The minimum Gasteiger partial charge on any atom is -0.727 e. The molecule has 4 nitrogen and oxygen atoms in total. The molecule has 0 spiro atoms. The molecule has 0 aromatic carbocycles. The van der Waals surface area contributed by atoms with Gasteiger partial charge in [-0.3, -0.25) is 0 Å². The van der Waals surface area contributed by atoms with Crippen molar-refractivity contribution in [3.63, 3.8) is 0 Å². The Hall–Kier alpha value is 1.10. The van der Waals surface area contributed by atoms with Gasteiger partial charge in [0.1, 0.15) is 0 Å². The maximum atomic E-state index is 7.25. The van der Waals surface area contributed by atoms with E-state index in [2.05, 4.69) is 0 Å². The second-order valence-electron chi connectivity index (χ2n) is 0. The van der Waals surface area contributed by atoms with Gasteiger partial charge in [0.25, 0.3) is 0 Å². The van der Waals surface area contributed by atoms with Crippen LogP contribution in [0.3, 0.4) is 0 Å². The van der Waals surface area contributed by atoms with Crippen LogP contribution in [0.25, 0.3) is 0 Å². The number of hydrogen-bond donors (Lipinski definition) is 2. The molecule has 0 amide bonds. The van der Waals surface area contributed by atoms with Crippen LogP contribution in [0.5, 0.6) is 0 Å². The molecule has 0 heterocycles. The largest absolute Gasteiger partial charge is 2.00 e. The van der Waals surface area contributed by atoms with E-state index in [1.54, 1.807) is 0 Å². The van der Waals surface area contributed by atoms with E-state index >= 15 is 0 Å². The van der Waals surface area contributed by atoms with Gasteiger partial charge >= 0.3 is 37.7 Å². The molecule has 0 radical (unpaired) electrons. The Labute approximate surface area is 58.5 Å². The fourth-order valence-electron chi connectivity index (χ4n) is 0. The summed E-state index contributed by atoms with van der Waals surface area (Å²) in [6, 6.07) is 0. The van der Waals surface area contributed by atoms with Gasteiger partial charge in [0.05, 0.1) is 0 Å². The number of rotatable bonds is 0. The zero-order valence-electron chi connectivity index (χ0n) is 2.42. The third kappa shape index (κ3) is 40.5. The summed E-state index contributed by atoms with van der Waals surface area (Å²) in [6.45, 7) is 0. The van der Waals surface area contributed by atoms with E-state index in [-0.39, 0.29) is 37.7 Å². The fraction of sp³-hybridized carbons (Fsp3) is 0. The van der Waals surface area contributed by atoms with Crippen molar-refractivity contribution in [3.05, 3.63) is 0 Å². The molecule has 0 rings (SSSR count). The van der Waals surface area contributed by atoms with Crippen molar-refractivity contribution < 1.29 is 21.0 Å². The first-order valence-corrected chi connectivity index (χ1v) is 0.365. The molecule has 0 unspecified atom stereocenters. The van der Waals surface area contributed by atoms with Crippen molar-refractivity contribution in [1.29, 1.82) is 0 Å². The molecule has 0 aliphatic carbocycles. The van der Waals surface area contributed by atoms with Crippen LogP contribution in [0.4, 0.5) is 0 Å². The van der Waals surface area contributed by atoms with Crippen molar-refractivity contribution in [1.82, 2.24) is 0 Å². The zero-order chi connectivity index (χ0) is 4.00. The maximum Gasteiger partial charge on any atom is 2.00 e. The van der Waals surface area contributed by atoms with Crippen molar-refractivity contribution in [3.8, 4) is 0 Å². The monoisotopic (exact) mass is 106 g/mol. The average Bonchev–Trinajstić information content (AvgIpc) is 1.50. The second kappa shape index (κ2) is 70.9. The van der Waals surface area contributed by atoms with Crippen molar-refractivity contribution in [2.45, 2.75) is 0 Å². The molecule has 5 heavy (non-hydrogen) atoms. The smallest absolute Gasteiger partial charge is 0.727 e. The second-order valence-corrected chi connectivity index (χ2v) is 0.